The fourth-order valence-corrected chi connectivity index (χ4v) is 3.88. The summed E-state index contributed by atoms with van der Waals surface area (Å²) in [4.78, 5) is 6.77. The zero-order chi connectivity index (χ0) is 19.7. The molecular weight excluding hydrogens is 354 g/mol. The number of phenols is 1. The zero-order valence-corrected chi connectivity index (χ0v) is 16.4. The van der Waals surface area contributed by atoms with Crippen LogP contribution in [0.3, 0.4) is 0 Å². The number of likely N-dealkylation sites (N-methyl/N-ethyl adjacent to an activating group) is 1. The van der Waals surface area contributed by atoms with Crippen LogP contribution >= 0.6 is 0 Å². The largest absolute Gasteiger partial charge is 0.507 e. The number of aryl methyl sites for hydroxylation is 1. The van der Waals surface area contributed by atoms with E-state index in [1.807, 2.05) is 13.0 Å². The van der Waals surface area contributed by atoms with Crippen LogP contribution in [0.25, 0.3) is 22.0 Å². The number of likely N-dealkylation sites (tertiary alicyclic amines) is 1. The molecule has 7 nitrogen and oxygen atoms in total. The Hall–Kier alpha value is -2.93. The normalized spacial score (nSPS) is 17.6. The van der Waals surface area contributed by atoms with Crippen LogP contribution in [0.4, 0.5) is 5.82 Å². The predicted molar refractivity (Wildman–Crippen MR) is 110 cm³/mol. The summed E-state index contributed by atoms with van der Waals surface area (Å²) in [6, 6.07) is 7.48. The van der Waals surface area contributed by atoms with E-state index in [9.17, 15) is 5.11 Å². The van der Waals surface area contributed by atoms with E-state index in [1.165, 1.54) is 0 Å². The number of benzene rings is 1. The average molecular weight is 379 g/mol. The molecule has 1 fully saturated rings. The zero-order valence-electron chi connectivity index (χ0n) is 16.4. The highest BCUT2D eigenvalue weighted by molar-refractivity contribution is 6.02. The second kappa shape index (κ2) is 7.59. The van der Waals surface area contributed by atoms with Crippen LogP contribution < -0.4 is 10.1 Å². The second-order valence-corrected chi connectivity index (χ2v) is 7.34. The lowest BCUT2D eigenvalue weighted by molar-refractivity contribution is 0.261. The number of rotatable bonds is 4. The Morgan fingerprint density at radius 1 is 1.25 bits per heavy atom. The standard InChI is InChI=1S/C21H25N5O2/c1-13-19-17(8-9-22-13)21(23-14-5-4-10-26(2)12-14)25-24-20(19)16-7-6-15(28-3)11-18(16)27/h6-9,11,14,27H,4-5,10,12H2,1-3H3,(H,23,25). The van der Waals surface area contributed by atoms with Gasteiger partial charge in [0.25, 0.3) is 0 Å². The molecule has 2 N–H and O–H groups in total. The molecule has 28 heavy (non-hydrogen) atoms. The Bertz CT molecular complexity index is 1010. The molecule has 0 amide bonds. The Morgan fingerprint density at radius 3 is 2.86 bits per heavy atom. The number of ether oxygens (including phenoxy) is 1. The van der Waals surface area contributed by atoms with E-state index >= 15 is 0 Å². The van der Waals surface area contributed by atoms with E-state index < -0.39 is 0 Å². The minimum atomic E-state index is 0.104. The van der Waals surface area contributed by atoms with E-state index in [0.717, 1.165) is 48.2 Å². The third kappa shape index (κ3) is 3.45. The van der Waals surface area contributed by atoms with Crippen LogP contribution in [0.2, 0.25) is 0 Å². The first-order valence-electron chi connectivity index (χ1n) is 9.51. The third-order valence-electron chi connectivity index (χ3n) is 5.31. The van der Waals surface area contributed by atoms with Crippen molar-refractivity contribution in [3.05, 3.63) is 36.2 Å². The van der Waals surface area contributed by atoms with Gasteiger partial charge in [-0.15, -0.1) is 10.2 Å². The number of phenolic OH excluding ortho intramolecular Hbond substituents is 1. The van der Waals surface area contributed by atoms with Gasteiger partial charge in [-0.3, -0.25) is 4.98 Å². The molecule has 1 atom stereocenters. The molecular formula is C21H25N5O2. The summed E-state index contributed by atoms with van der Waals surface area (Å²) < 4.78 is 5.19. The number of aromatic hydroxyl groups is 1. The number of nitrogens with zero attached hydrogens (tertiary/aromatic N) is 4. The molecule has 1 unspecified atom stereocenters. The lowest BCUT2D eigenvalue weighted by atomic mass is 10.0. The Labute approximate surface area is 164 Å². The van der Waals surface area contributed by atoms with Crippen molar-refractivity contribution in [1.82, 2.24) is 20.1 Å². The lowest BCUT2D eigenvalue weighted by Crippen LogP contribution is -2.40. The molecule has 1 aliphatic heterocycles. The van der Waals surface area contributed by atoms with Crippen LogP contribution in [0.5, 0.6) is 11.5 Å². The second-order valence-electron chi connectivity index (χ2n) is 7.34. The topological polar surface area (TPSA) is 83.4 Å². The molecule has 1 saturated heterocycles. The maximum atomic E-state index is 10.5. The van der Waals surface area contributed by atoms with Gasteiger partial charge in [0.05, 0.1) is 7.11 Å². The summed E-state index contributed by atoms with van der Waals surface area (Å²) in [5.41, 5.74) is 2.08. The molecule has 1 aliphatic rings. The molecule has 2 aromatic heterocycles. The van der Waals surface area contributed by atoms with Crippen LogP contribution in [0, 0.1) is 6.92 Å². The van der Waals surface area contributed by atoms with Crippen molar-refractivity contribution >= 4 is 16.6 Å². The SMILES string of the molecule is COc1ccc(-c2nnc(NC3CCCN(C)C3)c3ccnc(C)c23)c(O)c1. The Morgan fingerprint density at radius 2 is 2.11 bits per heavy atom. The minimum Gasteiger partial charge on any atom is -0.507 e. The number of piperidine rings is 1. The molecule has 1 aromatic carbocycles. The molecule has 0 bridgehead atoms. The van der Waals surface area contributed by atoms with Gasteiger partial charge < -0.3 is 20.1 Å². The summed E-state index contributed by atoms with van der Waals surface area (Å²) >= 11 is 0. The number of methoxy groups -OCH3 is 1. The molecule has 0 radical (unpaired) electrons. The summed E-state index contributed by atoms with van der Waals surface area (Å²) in [5.74, 6) is 1.46. The van der Waals surface area contributed by atoms with Crippen LogP contribution in [-0.4, -0.2) is 58.5 Å². The van der Waals surface area contributed by atoms with Gasteiger partial charge in [-0.2, -0.15) is 0 Å². The third-order valence-corrected chi connectivity index (χ3v) is 5.31. The van der Waals surface area contributed by atoms with Crippen molar-refractivity contribution in [3.8, 4) is 22.8 Å². The van der Waals surface area contributed by atoms with Crippen molar-refractivity contribution in [2.75, 3.05) is 32.6 Å². The van der Waals surface area contributed by atoms with E-state index in [0.29, 0.717) is 23.0 Å². The monoisotopic (exact) mass is 379 g/mol. The first-order valence-corrected chi connectivity index (χ1v) is 9.51. The molecule has 7 heteroatoms. The highest BCUT2D eigenvalue weighted by Crippen LogP contribution is 2.37. The van der Waals surface area contributed by atoms with Gasteiger partial charge in [-0.1, -0.05) is 0 Å². The fourth-order valence-electron chi connectivity index (χ4n) is 3.88. The molecule has 0 aliphatic carbocycles. The van der Waals surface area contributed by atoms with E-state index in [-0.39, 0.29) is 5.75 Å². The van der Waals surface area contributed by atoms with Gasteiger partial charge in [0.2, 0.25) is 0 Å². The van der Waals surface area contributed by atoms with Crippen LogP contribution in [0.15, 0.2) is 30.5 Å². The molecule has 146 valence electrons. The van der Waals surface area contributed by atoms with Crippen molar-refractivity contribution in [1.29, 1.82) is 0 Å². The molecule has 0 saturated carbocycles. The van der Waals surface area contributed by atoms with Crippen molar-refractivity contribution in [2.45, 2.75) is 25.8 Å². The number of hydrogen-bond donors (Lipinski definition) is 2. The quantitative estimate of drug-likeness (QED) is 0.720. The molecule has 3 heterocycles. The Balaban J connectivity index is 1.80. The van der Waals surface area contributed by atoms with E-state index in [1.54, 1.807) is 31.5 Å². The van der Waals surface area contributed by atoms with Gasteiger partial charge in [-0.25, -0.2) is 0 Å². The smallest absolute Gasteiger partial charge is 0.157 e. The summed E-state index contributed by atoms with van der Waals surface area (Å²) in [5, 5.41) is 24.9. The summed E-state index contributed by atoms with van der Waals surface area (Å²) in [7, 11) is 3.71. The highest BCUT2D eigenvalue weighted by atomic mass is 16.5. The van der Waals surface area contributed by atoms with Crippen LogP contribution in [0.1, 0.15) is 18.5 Å². The number of anilines is 1. The number of fused-ring (bicyclic) bond motifs is 1. The number of nitrogens with one attached hydrogen (secondary N) is 1. The lowest BCUT2D eigenvalue weighted by Gasteiger charge is -2.30. The van der Waals surface area contributed by atoms with Gasteiger partial charge >= 0.3 is 0 Å². The average Bonchev–Trinajstić information content (AvgIpc) is 2.69. The maximum absolute atomic E-state index is 10.5. The number of aromatic nitrogens is 3. The molecule has 3 aromatic rings. The van der Waals surface area contributed by atoms with Crippen molar-refractivity contribution in [2.24, 2.45) is 0 Å². The first-order chi connectivity index (χ1) is 13.6. The summed E-state index contributed by atoms with van der Waals surface area (Å²) in [6.07, 6.45) is 4.06. The van der Waals surface area contributed by atoms with E-state index in [4.69, 9.17) is 4.74 Å². The molecule has 0 spiro atoms. The predicted octanol–water partition coefficient (Wildman–Crippen LogP) is 3.22. The summed E-state index contributed by atoms with van der Waals surface area (Å²) in [6.45, 7) is 4.06. The van der Waals surface area contributed by atoms with Gasteiger partial charge in [0, 0.05) is 46.9 Å². The maximum Gasteiger partial charge on any atom is 0.157 e. The molecule has 4 rings (SSSR count). The van der Waals surface area contributed by atoms with Crippen molar-refractivity contribution < 1.29 is 9.84 Å². The van der Waals surface area contributed by atoms with Gasteiger partial charge in [-0.05, 0) is 51.6 Å². The van der Waals surface area contributed by atoms with Crippen LogP contribution in [-0.2, 0) is 0 Å². The Kier molecular flexibility index (Phi) is 5.00. The van der Waals surface area contributed by atoms with Gasteiger partial charge in [0.15, 0.2) is 5.82 Å². The van der Waals surface area contributed by atoms with Crippen molar-refractivity contribution in [3.63, 3.8) is 0 Å². The van der Waals surface area contributed by atoms with E-state index in [2.05, 4.69) is 32.4 Å². The first kappa shape index (κ1) is 18.4. The number of pyridine rings is 1. The number of hydrogen-bond acceptors (Lipinski definition) is 7. The minimum absolute atomic E-state index is 0.104. The van der Waals surface area contributed by atoms with Gasteiger partial charge in [0.1, 0.15) is 17.2 Å². The fraction of sp³-hybridized carbons (Fsp3) is 0.381. The highest BCUT2D eigenvalue weighted by Gasteiger charge is 2.21.